The van der Waals surface area contributed by atoms with Gasteiger partial charge in [0.15, 0.2) is 0 Å². The lowest BCUT2D eigenvalue weighted by Crippen LogP contribution is -2.41. The number of amides is 1. The molecular weight excluding hydrogens is 312 g/mol. The zero-order valence-corrected chi connectivity index (χ0v) is 14.2. The van der Waals surface area contributed by atoms with Crippen molar-refractivity contribution in [3.05, 3.63) is 21.4 Å². The number of aliphatic carboxylic acids is 1. The van der Waals surface area contributed by atoms with Crippen LogP contribution in [-0.2, 0) is 17.6 Å². The largest absolute Gasteiger partial charge is 0.481 e. The van der Waals surface area contributed by atoms with Crippen LogP contribution in [0.5, 0.6) is 0 Å². The van der Waals surface area contributed by atoms with Gasteiger partial charge in [0.05, 0.1) is 5.56 Å². The van der Waals surface area contributed by atoms with Gasteiger partial charge in [0.25, 0.3) is 5.91 Å². The summed E-state index contributed by atoms with van der Waals surface area (Å²) in [6.07, 6.45) is 4.43. The van der Waals surface area contributed by atoms with Gasteiger partial charge in [-0.15, -0.1) is 11.3 Å². The van der Waals surface area contributed by atoms with Crippen LogP contribution in [0.3, 0.4) is 0 Å². The Kier molecular flexibility index (Phi) is 3.50. The highest BCUT2D eigenvalue weighted by atomic mass is 32.1. The summed E-state index contributed by atoms with van der Waals surface area (Å²) in [7, 11) is 1.96. The van der Waals surface area contributed by atoms with E-state index in [9.17, 15) is 14.7 Å². The Morgan fingerprint density at radius 2 is 2.04 bits per heavy atom. The number of carboxylic acids is 1. The highest BCUT2D eigenvalue weighted by Crippen LogP contribution is 2.43. The van der Waals surface area contributed by atoms with Crippen molar-refractivity contribution in [1.29, 1.82) is 0 Å². The van der Waals surface area contributed by atoms with Gasteiger partial charge in [0, 0.05) is 42.4 Å². The molecule has 0 unspecified atom stereocenters. The predicted molar refractivity (Wildman–Crippen MR) is 87.9 cm³/mol. The Labute approximate surface area is 139 Å². The number of hydrogen-bond acceptors (Lipinski definition) is 4. The van der Waals surface area contributed by atoms with Crippen molar-refractivity contribution >= 4 is 23.2 Å². The summed E-state index contributed by atoms with van der Waals surface area (Å²) in [5.74, 6) is -0.667. The first-order chi connectivity index (χ1) is 11.0. The fourth-order valence-electron chi connectivity index (χ4n) is 4.62. The number of aryl methyl sites for hydroxylation is 1. The molecular formula is C17H22N2O3S. The summed E-state index contributed by atoms with van der Waals surface area (Å²) < 4.78 is 0. The van der Waals surface area contributed by atoms with E-state index in [1.165, 1.54) is 16.9 Å². The summed E-state index contributed by atoms with van der Waals surface area (Å²) >= 11 is 1.69. The summed E-state index contributed by atoms with van der Waals surface area (Å²) in [4.78, 5) is 30.1. The molecule has 5 nitrogen and oxygen atoms in total. The van der Waals surface area contributed by atoms with Crippen LogP contribution in [-0.4, -0.2) is 60.0 Å². The highest BCUT2D eigenvalue weighted by Gasteiger charge is 2.57. The van der Waals surface area contributed by atoms with Crippen LogP contribution in [0.25, 0.3) is 0 Å². The van der Waals surface area contributed by atoms with E-state index in [1.54, 1.807) is 16.2 Å². The second-order valence-electron chi connectivity index (χ2n) is 7.30. The molecule has 0 bridgehead atoms. The predicted octanol–water partition coefficient (Wildman–Crippen LogP) is 1.72. The molecule has 23 heavy (non-hydrogen) atoms. The zero-order chi connectivity index (χ0) is 16.2. The number of rotatable bonds is 2. The molecule has 2 saturated heterocycles. The molecule has 1 N–H and O–H groups in total. The molecule has 0 radical (unpaired) electrons. The number of nitrogens with zero attached hydrogens (tertiary/aromatic N) is 2. The van der Waals surface area contributed by atoms with Crippen LogP contribution in [0, 0.1) is 11.3 Å². The van der Waals surface area contributed by atoms with E-state index in [0.29, 0.717) is 19.6 Å². The van der Waals surface area contributed by atoms with Gasteiger partial charge in [-0.1, -0.05) is 0 Å². The van der Waals surface area contributed by atoms with Crippen LogP contribution in [0.2, 0.25) is 0 Å². The van der Waals surface area contributed by atoms with Crippen LogP contribution < -0.4 is 0 Å². The van der Waals surface area contributed by atoms with Crippen molar-refractivity contribution in [1.82, 2.24) is 9.80 Å². The fraction of sp³-hybridized carbons (Fsp3) is 0.647. The zero-order valence-electron chi connectivity index (χ0n) is 13.4. The number of fused-ring (bicyclic) bond motifs is 2. The van der Waals surface area contributed by atoms with Crippen LogP contribution >= 0.6 is 11.3 Å². The third kappa shape index (κ3) is 2.22. The normalized spacial score (nSPS) is 30.3. The van der Waals surface area contributed by atoms with Gasteiger partial charge in [-0.3, -0.25) is 9.59 Å². The minimum Gasteiger partial charge on any atom is -0.481 e. The Balaban J connectivity index is 1.59. The van der Waals surface area contributed by atoms with E-state index in [2.05, 4.69) is 4.90 Å². The molecule has 3 heterocycles. The van der Waals surface area contributed by atoms with Gasteiger partial charge in [-0.2, -0.15) is 0 Å². The van der Waals surface area contributed by atoms with Crippen LogP contribution in [0.1, 0.15) is 33.6 Å². The molecule has 124 valence electrons. The first-order valence-corrected chi connectivity index (χ1v) is 9.20. The number of likely N-dealkylation sites (tertiary alicyclic amines) is 2. The number of hydrogen-bond donors (Lipinski definition) is 1. The Bertz CT molecular complexity index is 671. The lowest BCUT2D eigenvalue weighted by molar-refractivity contribution is -0.148. The van der Waals surface area contributed by atoms with E-state index in [0.717, 1.165) is 31.4 Å². The van der Waals surface area contributed by atoms with Crippen molar-refractivity contribution in [3.63, 3.8) is 0 Å². The fourth-order valence-corrected chi connectivity index (χ4v) is 5.74. The molecule has 2 atom stereocenters. The summed E-state index contributed by atoms with van der Waals surface area (Å²) in [5, 5.41) is 11.7. The van der Waals surface area contributed by atoms with Gasteiger partial charge < -0.3 is 14.9 Å². The molecule has 0 spiro atoms. The van der Waals surface area contributed by atoms with Crippen molar-refractivity contribution in [2.45, 2.75) is 25.7 Å². The van der Waals surface area contributed by atoms with E-state index in [-0.39, 0.29) is 11.8 Å². The Hall–Kier alpha value is -1.40. The third-order valence-electron chi connectivity index (χ3n) is 5.78. The molecule has 1 aromatic rings. The first-order valence-electron chi connectivity index (χ1n) is 8.32. The molecule has 0 saturated carbocycles. The van der Waals surface area contributed by atoms with E-state index < -0.39 is 11.4 Å². The van der Waals surface area contributed by atoms with E-state index in [1.807, 2.05) is 12.4 Å². The maximum Gasteiger partial charge on any atom is 0.313 e. The van der Waals surface area contributed by atoms with Gasteiger partial charge in [-0.25, -0.2) is 0 Å². The average molecular weight is 334 g/mol. The molecule has 1 amide bonds. The molecule has 0 aromatic carbocycles. The summed E-state index contributed by atoms with van der Waals surface area (Å²) in [5.41, 5.74) is 1.28. The topological polar surface area (TPSA) is 60.9 Å². The maximum absolute atomic E-state index is 13.0. The molecule has 1 aromatic heterocycles. The third-order valence-corrected chi connectivity index (χ3v) is 6.87. The lowest BCUT2D eigenvalue weighted by atomic mass is 9.81. The second kappa shape index (κ2) is 5.31. The Morgan fingerprint density at radius 3 is 2.78 bits per heavy atom. The quantitative estimate of drug-likeness (QED) is 0.894. The monoisotopic (exact) mass is 334 g/mol. The van der Waals surface area contributed by atoms with Crippen molar-refractivity contribution in [3.8, 4) is 0 Å². The number of carbonyl (C=O) groups excluding carboxylic acids is 1. The molecule has 4 rings (SSSR count). The minimum absolute atomic E-state index is 0.0436. The van der Waals surface area contributed by atoms with E-state index in [4.69, 9.17) is 0 Å². The highest BCUT2D eigenvalue weighted by molar-refractivity contribution is 7.10. The van der Waals surface area contributed by atoms with Gasteiger partial charge in [0.1, 0.15) is 5.41 Å². The SMILES string of the molecule is CN1C[C@H]2CN(C(=O)c3csc4c3CCCC4)C[C@@]2(C(=O)O)C1. The Morgan fingerprint density at radius 1 is 1.26 bits per heavy atom. The molecule has 2 fully saturated rings. The maximum atomic E-state index is 13.0. The smallest absolute Gasteiger partial charge is 0.313 e. The number of carbonyl (C=O) groups is 2. The lowest BCUT2D eigenvalue weighted by Gasteiger charge is -2.24. The average Bonchev–Trinajstić information content (AvgIpc) is 3.16. The molecule has 1 aliphatic carbocycles. The minimum atomic E-state index is -0.777. The second-order valence-corrected chi connectivity index (χ2v) is 8.26. The van der Waals surface area contributed by atoms with Crippen molar-refractivity contribution in [2.24, 2.45) is 11.3 Å². The van der Waals surface area contributed by atoms with Crippen LogP contribution in [0.15, 0.2) is 5.38 Å². The first kappa shape index (κ1) is 15.1. The number of carboxylic acid groups (broad SMARTS) is 1. The van der Waals surface area contributed by atoms with E-state index >= 15 is 0 Å². The summed E-state index contributed by atoms with van der Waals surface area (Å²) in [6.45, 7) is 2.22. The van der Waals surface area contributed by atoms with Gasteiger partial charge in [0.2, 0.25) is 0 Å². The van der Waals surface area contributed by atoms with Crippen molar-refractivity contribution in [2.75, 3.05) is 33.2 Å². The van der Waals surface area contributed by atoms with Crippen LogP contribution in [0.4, 0.5) is 0 Å². The molecule has 6 heteroatoms. The number of thiophene rings is 1. The van der Waals surface area contributed by atoms with Crippen molar-refractivity contribution < 1.29 is 14.7 Å². The summed E-state index contributed by atoms with van der Waals surface area (Å²) in [6, 6.07) is 0. The van der Waals surface area contributed by atoms with Gasteiger partial charge >= 0.3 is 5.97 Å². The van der Waals surface area contributed by atoms with Gasteiger partial charge in [-0.05, 0) is 38.3 Å². The molecule has 3 aliphatic rings. The molecule has 2 aliphatic heterocycles. The standard InChI is InChI=1S/C17H22N2O3S/c1-18-6-11-7-19(10-17(11,9-18)16(21)22)15(20)13-8-23-14-5-3-2-4-12(13)14/h8,11H,2-7,9-10H2,1H3,(H,21,22)/t11-,17-/m0/s1.